The fourth-order valence-corrected chi connectivity index (χ4v) is 2.20. The number of rotatable bonds is 4. The summed E-state index contributed by atoms with van der Waals surface area (Å²) in [5.74, 6) is -0.421. The van der Waals surface area contributed by atoms with E-state index < -0.39 is 5.97 Å². The van der Waals surface area contributed by atoms with Crippen LogP contribution in [0.25, 0.3) is 5.69 Å². The Hall–Kier alpha value is -2.02. The van der Waals surface area contributed by atoms with E-state index in [4.69, 9.17) is 10.5 Å². The third-order valence-electron chi connectivity index (χ3n) is 2.57. The van der Waals surface area contributed by atoms with Crippen LogP contribution in [0.1, 0.15) is 17.4 Å². The van der Waals surface area contributed by atoms with E-state index in [2.05, 4.69) is 43.4 Å². The topological polar surface area (TPSA) is 82.5 Å². The first kappa shape index (κ1) is 15.4. The van der Waals surface area contributed by atoms with Gasteiger partial charge in [0.1, 0.15) is 0 Å². The van der Waals surface area contributed by atoms with Crippen molar-refractivity contribution in [2.45, 2.75) is 6.92 Å². The zero-order valence-electron chi connectivity index (χ0n) is 11.0. The van der Waals surface area contributed by atoms with E-state index in [-0.39, 0.29) is 23.8 Å². The lowest BCUT2D eigenvalue weighted by Crippen LogP contribution is -2.07. The summed E-state index contributed by atoms with van der Waals surface area (Å²) < 4.78 is 7.20. The molecule has 2 rings (SSSR count). The minimum atomic E-state index is -0.609. The standard InChI is InChI=1S/C13H11BrN4O2S/c1-2-20-13(19)11-10(16-7-21)12(15)18(17-11)9-5-3-4-8(14)6-9/h3-6H,2,15H2,1H3. The highest BCUT2D eigenvalue weighted by Crippen LogP contribution is 2.30. The normalized spacial score (nSPS) is 10.0. The first-order valence-corrected chi connectivity index (χ1v) is 7.18. The van der Waals surface area contributed by atoms with Crippen LogP contribution in [0.3, 0.4) is 0 Å². The second kappa shape index (κ2) is 6.62. The van der Waals surface area contributed by atoms with Crippen LogP contribution in [0.2, 0.25) is 0 Å². The molecule has 1 aromatic heterocycles. The number of aliphatic imine (C=N–C) groups is 1. The van der Waals surface area contributed by atoms with Gasteiger partial charge in [0.15, 0.2) is 17.2 Å². The molecular formula is C13H11BrN4O2S. The quantitative estimate of drug-likeness (QED) is 0.510. The van der Waals surface area contributed by atoms with Crippen molar-refractivity contribution in [3.63, 3.8) is 0 Å². The van der Waals surface area contributed by atoms with Crippen LogP contribution in [0.4, 0.5) is 11.5 Å². The molecule has 8 heteroatoms. The van der Waals surface area contributed by atoms with Crippen LogP contribution in [0.5, 0.6) is 0 Å². The lowest BCUT2D eigenvalue weighted by molar-refractivity contribution is 0.0520. The van der Waals surface area contributed by atoms with Crippen molar-refractivity contribution >= 4 is 50.8 Å². The number of isothiocyanates is 1. The number of hydrogen-bond acceptors (Lipinski definition) is 6. The average molecular weight is 367 g/mol. The predicted octanol–water partition coefficient (Wildman–Crippen LogP) is 3.13. The van der Waals surface area contributed by atoms with E-state index in [1.807, 2.05) is 18.2 Å². The van der Waals surface area contributed by atoms with Crippen molar-refractivity contribution in [3.05, 3.63) is 34.4 Å². The number of benzene rings is 1. The van der Waals surface area contributed by atoms with Gasteiger partial charge in [0.2, 0.25) is 0 Å². The molecule has 0 aliphatic heterocycles. The highest BCUT2D eigenvalue weighted by atomic mass is 79.9. The smallest absolute Gasteiger partial charge is 0.361 e. The molecule has 0 amide bonds. The Bertz CT molecular complexity index is 738. The van der Waals surface area contributed by atoms with Gasteiger partial charge >= 0.3 is 5.97 Å². The second-order valence-electron chi connectivity index (χ2n) is 3.90. The van der Waals surface area contributed by atoms with Crippen molar-refractivity contribution in [2.24, 2.45) is 4.99 Å². The summed E-state index contributed by atoms with van der Waals surface area (Å²) in [6.45, 7) is 1.93. The Morgan fingerprint density at radius 3 is 3.00 bits per heavy atom. The van der Waals surface area contributed by atoms with E-state index in [1.165, 1.54) is 4.68 Å². The highest BCUT2D eigenvalue weighted by molar-refractivity contribution is 9.10. The predicted molar refractivity (Wildman–Crippen MR) is 86.3 cm³/mol. The number of aromatic nitrogens is 2. The molecular weight excluding hydrogens is 356 g/mol. The van der Waals surface area contributed by atoms with Gasteiger partial charge in [-0.25, -0.2) is 9.48 Å². The SMILES string of the molecule is CCOC(=O)c1nn(-c2cccc(Br)c2)c(N)c1N=C=S. The Balaban J connectivity index is 2.61. The Morgan fingerprint density at radius 1 is 1.62 bits per heavy atom. The number of nitrogen functional groups attached to an aromatic ring is 1. The van der Waals surface area contributed by atoms with Gasteiger partial charge in [0, 0.05) is 4.47 Å². The maximum atomic E-state index is 11.9. The number of halogens is 1. The molecule has 0 fully saturated rings. The van der Waals surface area contributed by atoms with Gasteiger partial charge in [0.05, 0.1) is 17.5 Å². The number of anilines is 1. The van der Waals surface area contributed by atoms with Gasteiger partial charge in [-0.05, 0) is 37.3 Å². The first-order chi connectivity index (χ1) is 10.1. The van der Waals surface area contributed by atoms with Crippen LogP contribution >= 0.6 is 28.1 Å². The number of nitrogens with zero attached hydrogens (tertiary/aromatic N) is 3. The average Bonchev–Trinajstić information content (AvgIpc) is 2.77. The van der Waals surface area contributed by atoms with Crippen molar-refractivity contribution in [1.29, 1.82) is 0 Å². The molecule has 6 nitrogen and oxygen atoms in total. The zero-order valence-corrected chi connectivity index (χ0v) is 13.4. The summed E-state index contributed by atoms with van der Waals surface area (Å²) in [7, 11) is 0. The molecule has 108 valence electrons. The summed E-state index contributed by atoms with van der Waals surface area (Å²) >= 11 is 7.95. The minimum Gasteiger partial charge on any atom is -0.461 e. The van der Waals surface area contributed by atoms with E-state index in [9.17, 15) is 4.79 Å². The molecule has 0 atom stereocenters. The molecule has 0 aliphatic carbocycles. The molecule has 0 saturated heterocycles. The summed E-state index contributed by atoms with van der Waals surface area (Å²) in [4.78, 5) is 15.7. The number of hydrogen-bond donors (Lipinski definition) is 1. The van der Waals surface area contributed by atoms with Crippen molar-refractivity contribution < 1.29 is 9.53 Å². The van der Waals surface area contributed by atoms with Gasteiger partial charge in [-0.1, -0.05) is 22.0 Å². The van der Waals surface area contributed by atoms with E-state index >= 15 is 0 Å². The number of thiocarbonyl (C=S) groups is 1. The number of ether oxygens (including phenoxy) is 1. The number of esters is 1. The maximum Gasteiger partial charge on any atom is 0.361 e. The maximum absolute atomic E-state index is 11.9. The zero-order chi connectivity index (χ0) is 15.4. The molecule has 0 radical (unpaired) electrons. The van der Waals surface area contributed by atoms with E-state index in [0.717, 1.165) is 4.47 Å². The first-order valence-electron chi connectivity index (χ1n) is 5.98. The summed E-state index contributed by atoms with van der Waals surface area (Å²) in [5.41, 5.74) is 6.84. The van der Waals surface area contributed by atoms with Crippen molar-refractivity contribution in [2.75, 3.05) is 12.3 Å². The largest absolute Gasteiger partial charge is 0.461 e. The molecule has 21 heavy (non-hydrogen) atoms. The molecule has 1 heterocycles. The van der Waals surface area contributed by atoms with Crippen molar-refractivity contribution in [1.82, 2.24) is 9.78 Å². The Labute approximate surface area is 134 Å². The van der Waals surface area contributed by atoms with Gasteiger partial charge in [0.25, 0.3) is 0 Å². The monoisotopic (exact) mass is 366 g/mol. The van der Waals surface area contributed by atoms with Crippen LogP contribution in [0, 0.1) is 0 Å². The Morgan fingerprint density at radius 2 is 2.38 bits per heavy atom. The van der Waals surface area contributed by atoms with E-state index in [1.54, 1.807) is 13.0 Å². The van der Waals surface area contributed by atoms with Crippen LogP contribution in [-0.4, -0.2) is 27.5 Å². The number of nitrogens with two attached hydrogens (primary N) is 1. The van der Waals surface area contributed by atoms with Gasteiger partial charge in [-0.15, -0.1) is 0 Å². The molecule has 0 bridgehead atoms. The molecule has 2 N–H and O–H groups in total. The van der Waals surface area contributed by atoms with Crippen LogP contribution in [0.15, 0.2) is 33.7 Å². The lowest BCUT2D eigenvalue weighted by Gasteiger charge is -2.03. The third kappa shape index (κ3) is 3.18. The molecule has 1 aromatic carbocycles. The molecule has 2 aromatic rings. The minimum absolute atomic E-state index is 0.00618. The summed E-state index contributed by atoms with van der Waals surface area (Å²) in [6.07, 6.45) is 0. The van der Waals surface area contributed by atoms with E-state index in [0.29, 0.717) is 5.69 Å². The third-order valence-corrected chi connectivity index (χ3v) is 3.16. The molecule has 0 aliphatic rings. The van der Waals surface area contributed by atoms with Gasteiger partial charge in [-0.2, -0.15) is 10.1 Å². The lowest BCUT2D eigenvalue weighted by atomic mass is 10.3. The van der Waals surface area contributed by atoms with Crippen molar-refractivity contribution in [3.8, 4) is 5.69 Å². The second-order valence-corrected chi connectivity index (χ2v) is 5.00. The highest BCUT2D eigenvalue weighted by Gasteiger charge is 2.23. The van der Waals surface area contributed by atoms with Gasteiger partial charge in [-0.3, -0.25) is 0 Å². The van der Waals surface area contributed by atoms with Crippen LogP contribution in [-0.2, 0) is 4.74 Å². The van der Waals surface area contributed by atoms with Crippen LogP contribution < -0.4 is 5.73 Å². The Kier molecular flexibility index (Phi) is 4.85. The number of carbonyl (C=O) groups is 1. The fraction of sp³-hybridized carbons (Fsp3) is 0.154. The van der Waals surface area contributed by atoms with Gasteiger partial charge < -0.3 is 10.5 Å². The molecule has 0 saturated carbocycles. The summed E-state index contributed by atoms with van der Waals surface area (Å²) in [6, 6.07) is 7.30. The molecule has 0 unspecified atom stereocenters. The number of carbonyl (C=O) groups excluding carboxylic acids is 1. The summed E-state index contributed by atoms with van der Waals surface area (Å²) in [5, 5.41) is 6.37. The molecule has 0 spiro atoms. The fourth-order valence-electron chi connectivity index (χ4n) is 1.72.